The van der Waals surface area contributed by atoms with Gasteiger partial charge in [-0.3, -0.25) is 29.0 Å². The maximum atomic E-state index is 13.1. The number of ether oxygens (including phenoxy) is 2. The summed E-state index contributed by atoms with van der Waals surface area (Å²) in [5, 5.41) is 44.0. The molecule has 18 heteroatoms. The molecule has 0 spiro atoms. The summed E-state index contributed by atoms with van der Waals surface area (Å²) in [4.78, 5) is 83.8. The molecule has 6 aromatic rings. The van der Waals surface area contributed by atoms with E-state index in [1.54, 1.807) is 42.6 Å². The lowest BCUT2D eigenvalue weighted by atomic mass is 10.1. The van der Waals surface area contributed by atoms with Gasteiger partial charge in [0.2, 0.25) is 5.91 Å². The number of phenols is 2. The van der Waals surface area contributed by atoms with Gasteiger partial charge in [-0.15, -0.1) is 0 Å². The number of fused-ring (bicyclic) bond motifs is 1. The Morgan fingerprint density at radius 2 is 1.24 bits per heavy atom. The van der Waals surface area contributed by atoms with E-state index in [4.69, 9.17) is 9.47 Å². The Balaban J connectivity index is 1.00. The van der Waals surface area contributed by atoms with Gasteiger partial charge in [0.05, 0.1) is 55.1 Å². The van der Waals surface area contributed by atoms with Crippen molar-refractivity contribution in [3.63, 3.8) is 0 Å². The smallest absolute Gasteiger partial charge is 0.339 e. The molecule has 0 unspecified atom stereocenters. The van der Waals surface area contributed by atoms with Gasteiger partial charge in [0.25, 0.3) is 23.6 Å². The number of rotatable bonds is 13. The summed E-state index contributed by atoms with van der Waals surface area (Å²) in [7, 11) is 2.36. The number of nitrogens with zero attached hydrogens (tertiary/aromatic N) is 2. The third kappa shape index (κ3) is 9.13. The molecule has 2 aromatic heterocycles. The van der Waals surface area contributed by atoms with Crippen molar-refractivity contribution in [2.45, 2.75) is 0 Å². The summed E-state index contributed by atoms with van der Waals surface area (Å²) in [5.41, 5.74) is 1.17. The fraction of sp³-hybridized carbons (Fsp3) is 0.0732. The molecule has 5 amide bonds. The zero-order chi connectivity index (χ0) is 42.2. The van der Waals surface area contributed by atoms with E-state index >= 15 is 0 Å². The van der Waals surface area contributed by atoms with Crippen LogP contribution in [0.1, 0.15) is 51.9 Å². The van der Waals surface area contributed by atoms with E-state index in [2.05, 4.69) is 36.6 Å². The third-order valence-corrected chi connectivity index (χ3v) is 8.60. The lowest BCUT2D eigenvalue weighted by molar-refractivity contribution is -0.115. The third-order valence-electron chi connectivity index (χ3n) is 8.60. The Kier molecular flexibility index (Phi) is 11.9. The van der Waals surface area contributed by atoms with Gasteiger partial charge >= 0.3 is 5.97 Å². The van der Waals surface area contributed by atoms with Gasteiger partial charge in [-0.05, 0) is 84.9 Å². The van der Waals surface area contributed by atoms with Crippen molar-refractivity contribution in [2.24, 2.45) is 0 Å². The first kappa shape index (κ1) is 40.1. The van der Waals surface area contributed by atoms with Gasteiger partial charge in [-0.1, -0.05) is 6.07 Å². The van der Waals surface area contributed by atoms with Crippen LogP contribution in [0.5, 0.6) is 23.0 Å². The number of carbonyl (C=O) groups is 6. The van der Waals surface area contributed by atoms with Crippen LogP contribution in [0.25, 0.3) is 10.9 Å². The molecule has 0 aliphatic heterocycles. The Bertz CT molecular complexity index is 2630. The number of aromatic nitrogens is 2. The number of aromatic carboxylic acids is 1. The van der Waals surface area contributed by atoms with E-state index in [0.29, 0.717) is 11.3 Å². The predicted molar refractivity (Wildman–Crippen MR) is 214 cm³/mol. The highest BCUT2D eigenvalue weighted by atomic mass is 16.5. The highest BCUT2D eigenvalue weighted by Crippen LogP contribution is 2.40. The minimum absolute atomic E-state index is 0.0270. The van der Waals surface area contributed by atoms with Crippen molar-refractivity contribution < 1.29 is 53.6 Å². The van der Waals surface area contributed by atoms with Crippen LogP contribution in [-0.2, 0) is 4.79 Å². The number of anilines is 4. The van der Waals surface area contributed by atoms with Gasteiger partial charge in [-0.2, -0.15) is 0 Å². The Morgan fingerprint density at radius 3 is 1.88 bits per heavy atom. The number of amides is 5. The topological polar surface area (TPSA) is 267 Å². The quantitative estimate of drug-likeness (QED) is 0.0775. The molecule has 0 aliphatic carbocycles. The second-order valence-electron chi connectivity index (χ2n) is 12.4. The first-order valence-corrected chi connectivity index (χ1v) is 17.3. The number of carbonyl (C=O) groups excluding carboxylic acids is 5. The molecule has 0 aliphatic rings. The number of hydrogen-bond acceptors (Lipinski definition) is 12. The van der Waals surface area contributed by atoms with Gasteiger partial charge in [0, 0.05) is 28.4 Å². The summed E-state index contributed by atoms with van der Waals surface area (Å²) >= 11 is 0. The van der Waals surface area contributed by atoms with Crippen molar-refractivity contribution in [2.75, 3.05) is 42.0 Å². The van der Waals surface area contributed by atoms with Crippen molar-refractivity contribution in [1.29, 1.82) is 0 Å². The highest BCUT2D eigenvalue weighted by Gasteiger charge is 2.24. The van der Waals surface area contributed by atoms with Crippen LogP contribution < -0.4 is 36.1 Å². The molecule has 59 heavy (non-hydrogen) atoms. The highest BCUT2D eigenvalue weighted by molar-refractivity contribution is 6.10. The number of aromatic hydroxyl groups is 2. The number of carboxylic acids is 1. The fourth-order valence-electron chi connectivity index (χ4n) is 5.68. The Labute approximate surface area is 333 Å². The van der Waals surface area contributed by atoms with Crippen molar-refractivity contribution in [1.82, 2.24) is 15.3 Å². The van der Waals surface area contributed by atoms with Crippen LogP contribution in [0.15, 0.2) is 103 Å². The lowest BCUT2D eigenvalue weighted by Gasteiger charge is -2.16. The van der Waals surface area contributed by atoms with Crippen LogP contribution in [0.2, 0.25) is 0 Å². The van der Waals surface area contributed by atoms with E-state index in [0.717, 1.165) is 24.1 Å². The lowest BCUT2D eigenvalue weighted by Crippen LogP contribution is -2.32. The summed E-state index contributed by atoms with van der Waals surface area (Å²) in [5.74, 6) is -6.45. The second kappa shape index (κ2) is 17.5. The molecule has 0 saturated heterocycles. The van der Waals surface area contributed by atoms with Crippen molar-refractivity contribution >= 4 is 69.2 Å². The van der Waals surface area contributed by atoms with E-state index in [1.807, 2.05) is 6.07 Å². The number of pyridine rings is 2. The van der Waals surface area contributed by atoms with Crippen LogP contribution in [-0.4, -0.2) is 81.6 Å². The second-order valence-corrected chi connectivity index (χ2v) is 12.4. The fourth-order valence-corrected chi connectivity index (χ4v) is 5.68. The molecule has 0 atom stereocenters. The van der Waals surface area contributed by atoms with Gasteiger partial charge in [0.15, 0.2) is 23.0 Å². The summed E-state index contributed by atoms with van der Waals surface area (Å²) in [6.45, 7) is -0.388. The molecule has 298 valence electrons. The largest absolute Gasteiger partial charge is 0.504 e. The number of phenolic OH excluding ortho intramolecular Hbond substituents is 1. The summed E-state index contributed by atoms with van der Waals surface area (Å²) in [6.07, 6.45) is 2.89. The van der Waals surface area contributed by atoms with Crippen LogP contribution >= 0.6 is 0 Å². The number of benzene rings is 4. The molecule has 8 N–H and O–H groups in total. The van der Waals surface area contributed by atoms with E-state index in [-0.39, 0.29) is 57.8 Å². The van der Waals surface area contributed by atoms with Gasteiger partial charge < -0.3 is 51.4 Å². The summed E-state index contributed by atoms with van der Waals surface area (Å²) < 4.78 is 10.3. The SMILES string of the molecule is COc1c(NC(=O)c2ccc(NC(=O)c3ccc(NC(=O)CNC(=O)c4ccc(NC(=O)c5ccc6ncccc6c5)cc4)cn3)c(OC)c2O)ccc(C(=O)O)c1O. The number of hydrogen-bond donors (Lipinski definition) is 8. The zero-order valence-corrected chi connectivity index (χ0v) is 31.0. The first-order valence-electron chi connectivity index (χ1n) is 17.3. The molecular weight excluding hydrogens is 766 g/mol. The molecule has 0 radical (unpaired) electrons. The Morgan fingerprint density at radius 1 is 0.610 bits per heavy atom. The molecule has 0 fully saturated rings. The minimum atomic E-state index is -1.42. The molecular formula is C41H33N7O11. The van der Waals surface area contributed by atoms with E-state index in [1.165, 1.54) is 55.8 Å². The molecule has 4 aromatic carbocycles. The molecule has 0 bridgehead atoms. The zero-order valence-electron chi connectivity index (χ0n) is 31.0. The number of nitrogens with one attached hydrogen (secondary N) is 5. The summed E-state index contributed by atoms with van der Waals surface area (Å²) in [6, 6.07) is 22.4. The standard InChI is InChI=1S/C41H33N7O11/c1-58-35-30(15-11-26(33(35)50)39(54)47-29-16-12-27(41(56)57)34(51)36(29)59-2)48-40(55)31-14-10-25(19-43-31)45-32(49)20-44-37(52)21-5-8-24(9-6-21)46-38(53)23-7-13-28-22(18-23)4-3-17-42-28/h3-19,50-51H,20H2,1-2H3,(H,44,52)(H,45,49)(H,46,53)(H,47,54)(H,48,55)(H,56,57). The van der Waals surface area contributed by atoms with Crippen LogP contribution in [0.4, 0.5) is 22.7 Å². The molecule has 6 rings (SSSR count). The monoisotopic (exact) mass is 799 g/mol. The number of methoxy groups -OCH3 is 2. The normalized spacial score (nSPS) is 10.5. The van der Waals surface area contributed by atoms with Gasteiger partial charge in [0.1, 0.15) is 11.3 Å². The van der Waals surface area contributed by atoms with Crippen molar-refractivity contribution in [3.8, 4) is 23.0 Å². The maximum Gasteiger partial charge on any atom is 0.339 e. The first-order chi connectivity index (χ1) is 28.4. The molecule has 18 nitrogen and oxygen atoms in total. The van der Waals surface area contributed by atoms with Crippen LogP contribution in [0.3, 0.4) is 0 Å². The van der Waals surface area contributed by atoms with Gasteiger partial charge in [-0.25, -0.2) is 9.78 Å². The predicted octanol–water partition coefficient (Wildman–Crippen LogP) is 4.88. The number of carboxylic acid groups (broad SMARTS) is 1. The minimum Gasteiger partial charge on any atom is -0.504 e. The average molecular weight is 800 g/mol. The molecule has 2 heterocycles. The average Bonchev–Trinajstić information content (AvgIpc) is 3.23. The maximum absolute atomic E-state index is 13.1. The van der Waals surface area contributed by atoms with E-state index in [9.17, 15) is 44.1 Å². The van der Waals surface area contributed by atoms with Crippen molar-refractivity contribution in [3.05, 3.63) is 131 Å². The van der Waals surface area contributed by atoms with E-state index < -0.39 is 46.7 Å². The van der Waals surface area contributed by atoms with Crippen LogP contribution in [0, 0.1) is 0 Å². The molecule has 0 saturated carbocycles. The Hall–Kier alpha value is -8.54.